The summed E-state index contributed by atoms with van der Waals surface area (Å²) in [5.74, 6) is 2.24. The molecule has 0 aromatic heterocycles. The van der Waals surface area contributed by atoms with Gasteiger partial charge in [-0.2, -0.15) is 0 Å². The Morgan fingerprint density at radius 3 is 2.75 bits per heavy atom. The molecule has 0 saturated heterocycles. The van der Waals surface area contributed by atoms with Crippen LogP contribution in [0.5, 0.6) is 0 Å². The van der Waals surface area contributed by atoms with Gasteiger partial charge in [-0.05, 0) is 61.7 Å². The van der Waals surface area contributed by atoms with E-state index in [0.29, 0.717) is 35.9 Å². The van der Waals surface area contributed by atoms with Crippen LogP contribution in [-0.4, -0.2) is 18.2 Å². The van der Waals surface area contributed by atoms with Crippen LogP contribution in [0.25, 0.3) is 0 Å². The van der Waals surface area contributed by atoms with Crippen molar-refractivity contribution in [2.45, 2.75) is 46.5 Å². The lowest BCUT2D eigenvalue weighted by molar-refractivity contribution is -0.130. The monoisotopic (exact) mass is 326 g/mol. The van der Waals surface area contributed by atoms with Gasteiger partial charge in [-0.3, -0.25) is 9.59 Å². The summed E-state index contributed by atoms with van der Waals surface area (Å²) < 4.78 is 5.60. The van der Waals surface area contributed by atoms with Crippen LogP contribution in [0.4, 0.5) is 0 Å². The number of ketones is 2. The maximum absolute atomic E-state index is 12.4. The number of hydrogen-bond donors (Lipinski definition) is 0. The van der Waals surface area contributed by atoms with Gasteiger partial charge in [-0.1, -0.05) is 26.0 Å². The summed E-state index contributed by atoms with van der Waals surface area (Å²) in [4.78, 5) is 24.7. The highest BCUT2D eigenvalue weighted by Gasteiger charge is 2.57. The molecule has 3 heteroatoms. The van der Waals surface area contributed by atoms with Crippen LogP contribution in [-0.2, 0) is 14.3 Å². The van der Waals surface area contributed by atoms with Gasteiger partial charge in [-0.15, -0.1) is 0 Å². The minimum absolute atomic E-state index is 0.0240. The number of carbonyl (C=O) groups is 2. The number of ether oxygens (including phenoxy) is 1. The summed E-state index contributed by atoms with van der Waals surface area (Å²) in [5, 5.41) is 0. The van der Waals surface area contributed by atoms with Crippen molar-refractivity contribution in [3.8, 4) is 0 Å². The Kier molecular flexibility index (Phi) is 3.42. The lowest BCUT2D eigenvalue weighted by Gasteiger charge is -2.53. The van der Waals surface area contributed by atoms with E-state index in [1.54, 1.807) is 6.08 Å². The number of allylic oxidation sites excluding steroid dienone is 5. The van der Waals surface area contributed by atoms with Gasteiger partial charge in [0.05, 0.1) is 6.61 Å². The van der Waals surface area contributed by atoms with Crippen LogP contribution < -0.4 is 0 Å². The first-order chi connectivity index (χ1) is 11.4. The Labute approximate surface area is 143 Å². The molecule has 4 aliphatic carbocycles. The SMILES string of the molecule is CCOC1=C[C@@]2(C)C(=CC1=O)C=C[C@@H]1[C@@H]2CC[C@]2(C)C(=O)CC[C@@H]12. The van der Waals surface area contributed by atoms with Gasteiger partial charge in [0.25, 0.3) is 0 Å². The standard InChI is InChI=1S/C21H26O3/c1-4-24-18-12-21(3)13(11-17(18)22)5-6-14-15-7-8-19(23)20(15,2)10-9-16(14)21/h5-6,11-12,14-16H,4,7-10H2,1-3H3/t14-,15-,16-,20-,21-/m0/s1. The molecular formula is C21H26O3. The van der Waals surface area contributed by atoms with Gasteiger partial charge in [-0.25, -0.2) is 0 Å². The van der Waals surface area contributed by atoms with Crippen LogP contribution in [0.15, 0.2) is 35.6 Å². The van der Waals surface area contributed by atoms with Gasteiger partial charge in [0, 0.05) is 17.3 Å². The quantitative estimate of drug-likeness (QED) is 0.770. The molecule has 0 spiro atoms. The van der Waals surface area contributed by atoms with E-state index < -0.39 is 0 Å². The Morgan fingerprint density at radius 1 is 1.21 bits per heavy atom. The Hall–Kier alpha value is -1.64. The van der Waals surface area contributed by atoms with Gasteiger partial charge >= 0.3 is 0 Å². The number of Topliss-reactive ketones (excluding diaryl/α,β-unsaturated/α-hetero) is 1. The summed E-state index contributed by atoms with van der Waals surface area (Å²) in [6.07, 6.45) is 12.0. The molecular weight excluding hydrogens is 300 g/mol. The summed E-state index contributed by atoms with van der Waals surface area (Å²) in [5.41, 5.74) is 0.801. The fourth-order valence-electron chi connectivity index (χ4n) is 5.76. The molecule has 0 aromatic carbocycles. The zero-order valence-electron chi connectivity index (χ0n) is 14.8. The zero-order valence-corrected chi connectivity index (χ0v) is 14.8. The largest absolute Gasteiger partial charge is 0.490 e. The van der Waals surface area contributed by atoms with E-state index in [4.69, 9.17) is 4.74 Å². The highest BCUT2D eigenvalue weighted by Crippen LogP contribution is 2.62. The second kappa shape index (κ2) is 5.18. The normalized spacial score (nSPS) is 43.5. The Morgan fingerprint density at radius 2 is 2.00 bits per heavy atom. The fraction of sp³-hybridized carbons (Fsp3) is 0.619. The van der Waals surface area contributed by atoms with Crippen LogP contribution in [0, 0.1) is 28.6 Å². The molecule has 3 nitrogen and oxygen atoms in total. The summed E-state index contributed by atoms with van der Waals surface area (Å²) >= 11 is 0. The summed E-state index contributed by atoms with van der Waals surface area (Å²) in [6.45, 7) is 6.84. The second-order valence-corrected chi connectivity index (χ2v) is 8.26. The topological polar surface area (TPSA) is 43.4 Å². The van der Waals surface area contributed by atoms with E-state index in [1.165, 1.54) is 0 Å². The summed E-state index contributed by atoms with van der Waals surface area (Å²) in [6, 6.07) is 0. The molecule has 0 amide bonds. The van der Waals surface area contributed by atoms with Crippen molar-refractivity contribution in [2.24, 2.45) is 28.6 Å². The number of rotatable bonds is 2. The highest BCUT2D eigenvalue weighted by molar-refractivity contribution is 6.04. The third kappa shape index (κ3) is 1.96. The molecule has 0 N–H and O–H groups in total. The lowest BCUT2D eigenvalue weighted by atomic mass is 9.50. The van der Waals surface area contributed by atoms with E-state index in [0.717, 1.165) is 31.3 Å². The van der Waals surface area contributed by atoms with Crippen molar-refractivity contribution >= 4 is 11.6 Å². The van der Waals surface area contributed by atoms with E-state index in [2.05, 4.69) is 32.1 Å². The fourth-order valence-corrected chi connectivity index (χ4v) is 5.76. The number of hydrogen-bond acceptors (Lipinski definition) is 3. The van der Waals surface area contributed by atoms with E-state index in [-0.39, 0.29) is 16.6 Å². The molecule has 4 rings (SSSR count). The maximum Gasteiger partial charge on any atom is 0.220 e. The average molecular weight is 326 g/mol. The summed E-state index contributed by atoms with van der Waals surface area (Å²) in [7, 11) is 0. The van der Waals surface area contributed by atoms with Crippen LogP contribution in [0.2, 0.25) is 0 Å². The first kappa shape index (κ1) is 15.9. The molecule has 2 fully saturated rings. The first-order valence-electron chi connectivity index (χ1n) is 9.24. The number of fused-ring (bicyclic) bond motifs is 5. The number of carbonyl (C=O) groups excluding carboxylic acids is 2. The molecule has 4 aliphatic rings. The third-order valence-corrected chi connectivity index (χ3v) is 7.19. The zero-order chi connectivity index (χ0) is 17.1. The van der Waals surface area contributed by atoms with Gasteiger partial charge in [0.1, 0.15) is 5.78 Å². The molecule has 24 heavy (non-hydrogen) atoms. The Balaban J connectivity index is 1.76. The minimum Gasteiger partial charge on any atom is -0.490 e. The lowest BCUT2D eigenvalue weighted by Crippen LogP contribution is -2.48. The van der Waals surface area contributed by atoms with Gasteiger partial charge < -0.3 is 4.74 Å². The van der Waals surface area contributed by atoms with Crippen LogP contribution >= 0.6 is 0 Å². The molecule has 2 saturated carbocycles. The maximum atomic E-state index is 12.4. The third-order valence-electron chi connectivity index (χ3n) is 7.19. The van der Waals surface area contributed by atoms with Crippen molar-refractivity contribution in [1.29, 1.82) is 0 Å². The van der Waals surface area contributed by atoms with Crippen molar-refractivity contribution in [3.05, 3.63) is 35.6 Å². The minimum atomic E-state index is -0.162. The van der Waals surface area contributed by atoms with Crippen LogP contribution in [0.3, 0.4) is 0 Å². The smallest absolute Gasteiger partial charge is 0.220 e. The predicted octanol–water partition coefficient (Wildman–Crippen LogP) is 4.00. The molecule has 0 radical (unpaired) electrons. The van der Waals surface area contributed by atoms with E-state index in [9.17, 15) is 9.59 Å². The van der Waals surface area contributed by atoms with Crippen molar-refractivity contribution in [3.63, 3.8) is 0 Å². The molecule has 0 unspecified atom stereocenters. The predicted molar refractivity (Wildman–Crippen MR) is 92.1 cm³/mol. The second-order valence-electron chi connectivity index (χ2n) is 8.26. The molecule has 0 bridgehead atoms. The van der Waals surface area contributed by atoms with Gasteiger partial charge in [0.15, 0.2) is 5.76 Å². The van der Waals surface area contributed by atoms with E-state index in [1.807, 2.05) is 6.92 Å². The van der Waals surface area contributed by atoms with Crippen molar-refractivity contribution in [1.82, 2.24) is 0 Å². The molecule has 0 aliphatic heterocycles. The van der Waals surface area contributed by atoms with Gasteiger partial charge in [0.2, 0.25) is 5.78 Å². The first-order valence-corrected chi connectivity index (χ1v) is 9.24. The highest BCUT2D eigenvalue weighted by atomic mass is 16.5. The van der Waals surface area contributed by atoms with Crippen LogP contribution in [0.1, 0.15) is 46.5 Å². The molecule has 0 aromatic rings. The van der Waals surface area contributed by atoms with E-state index >= 15 is 0 Å². The van der Waals surface area contributed by atoms with Crippen molar-refractivity contribution in [2.75, 3.05) is 6.61 Å². The average Bonchev–Trinajstić information content (AvgIpc) is 2.85. The van der Waals surface area contributed by atoms with Crippen molar-refractivity contribution < 1.29 is 14.3 Å². The molecule has 5 atom stereocenters. The molecule has 128 valence electrons. The Bertz CT molecular complexity index is 698. The molecule has 0 heterocycles.